The molecule has 0 aromatic heterocycles. The number of rotatable bonds is 7. The van der Waals surface area contributed by atoms with Crippen LogP contribution in [0.25, 0.3) is 0 Å². The summed E-state index contributed by atoms with van der Waals surface area (Å²) in [7, 11) is 0.653. The highest BCUT2D eigenvalue weighted by molar-refractivity contribution is 5.98. The Hall–Kier alpha value is -0.653. The van der Waals surface area contributed by atoms with Gasteiger partial charge < -0.3 is 14.5 Å². The Morgan fingerprint density at radius 3 is 2.60 bits per heavy atom. The maximum Gasteiger partial charge on any atom is 0.246 e. The lowest BCUT2D eigenvalue weighted by Gasteiger charge is -2.19. The van der Waals surface area contributed by atoms with Gasteiger partial charge in [-0.2, -0.15) is 0 Å². The minimum absolute atomic E-state index is 0.0217. The number of nitrogens with one attached hydrogen (secondary N) is 1. The van der Waals surface area contributed by atoms with Crippen molar-refractivity contribution in [3.63, 3.8) is 0 Å². The second-order valence-electron chi connectivity index (χ2n) is 3.50. The van der Waals surface area contributed by atoms with Crippen LogP contribution in [-0.4, -0.2) is 35.3 Å². The van der Waals surface area contributed by atoms with Gasteiger partial charge in [0.2, 0.25) is 5.91 Å². The number of hydrogen-bond donors (Lipinski definition) is 1. The van der Waals surface area contributed by atoms with Crippen molar-refractivity contribution in [3.8, 4) is 0 Å². The van der Waals surface area contributed by atoms with Crippen LogP contribution in [0.3, 0.4) is 0 Å². The number of ether oxygens (including phenoxy) is 1. The molecule has 1 N–H and O–H groups in total. The van der Waals surface area contributed by atoms with Crippen molar-refractivity contribution in [2.75, 3.05) is 6.61 Å². The van der Waals surface area contributed by atoms with E-state index in [9.17, 15) is 4.79 Å². The summed E-state index contributed by atoms with van der Waals surface area (Å²) in [6, 6.07) is 0.0217. The number of carbonyl (C=O) groups excluding carboxylic acids is 1. The normalized spacial score (nSPS) is 14.6. The van der Waals surface area contributed by atoms with E-state index in [2.05, 4.69) is 11.9 Å². The summed E-state index contributed by atoms with van der Waals surface area (Å²) in [5.74, 6) is -0.120. The van der Waals surface area contributed by atoms with Crippen molar-refractivity contribution in [2.24, 2.45) is 0 Å². The van der Waals surface area contributed by atoms with Gasteiger partial charge in [-0.25, -0.2) is 0 Å². The average molecular weight is 231 g/mol. The topological polar surface area (TPSA) is 47.6 Å². The van der Waals surface area contributed by atoms with Gasteiger partial charge in [0.05, 0.1) is 12.6 Å². The molecule has 0 aromatic rings. The maximum absolute atomic E-state index is 11.3. The van der Waals surface area contributed by atoms with Gasteiger partial charge in [0, 0.05) is 5.57 Å². The first-order valence-corrected chi connectivity index (χ1v) is 5.93. The molecule has 0 bridgehead atoms. The second kappa shape index (κ2) is 7.61. The van der Waals surface area contributed by atoms with E-state index in [1.54, 1.807) is 6.92 Å². The van der Waals surface area contributed by atoms with E-state index in [1.165, 1.54) is 0 Å². The van der Waals surface area contributed by atoms with Gasteiger partial charge in [0.1, 0.15) is 16.8 Å². The lowest BCUT2D eigenvalue weighted by atomic mass is 10.2. The molecular weight excluding hydrogens is 210 g/mol. The molecule has 5 heteroatoms. The van der Waals surface area contributed by atoms with Crippen LogP contribution in [0, 0.1) is 0 Å². The molecule has 0 fully saturated rings. The highest BCUT2D eigenvalue weighted by Crippen LogP contribution is 1.98. The van der Waals surface area contributed by atoms with Crippen LogP contribution in [0.15, 0.2) is 12.2 Å². The SMILES string of the molecule is C=C(C)C(=O)NC(CC)COC(C)O[SiH3]. The second-order valence-corrected chi connectivity index (χ2v) is 3.97. The van der Waals surface area contributed by atoms with Gasteiger partial charge in [-0.05, 0) is 20.3 Å². The summed E-state index contributed by atoms with van der Waals surface area (Å²) in [5, 5.41) is 2.84. The standard InChI is InChI=1S/C10H21NO3Si/c1-5-9(6-13-8(4)14-15)11-10(12)7(2)3/h8-9H,2,5-6H2,1,3-4,15H3,(H,11,12). The van der Waals surface area contributed by atoms with Crippen LogP contribution in [0.2, 0.25) is 0 Å². The highest BCUT2D eigenvalue weighted by atomic mass is 28.2. The third-order valence-corrected chi connectivity index (χ3v) is 2.74. The van der Waals surface area contributed by atoms with Crippen molar-refractivity contribution in [1.82, 2.24) is 5.32 Å². The van der Waals surface area contributed by atoms with E-state index in [0.29, 0.717) is 22.7 Å². The van der Waals surface area contributed by atoms with Gasteiger partial charge in [-0.3, -0.25) is 4.79 Å². The molecule has 0 heterocycles. The van der Waals surface area contributed by atoms with Gasteiger partial charge in [0.15, 0.2) is 0 Å². The van der Waals surface area contributed by atoms with Crippen molar-refractivity contribution >= 4 is 16.4 Å². The molecule has 1 amide bonds. The summed E-state index contributed by atoms with van der Waals surface area (Å²) in [6.07, 6.45) is 0.639. The van der Waals surface area contributed by atoms with E-state index in [0.717, 1.165) is 6.42 Å². The van der Waals surface area contributed by atoms with E-state index in [-0.39, 0.29) is 18.2 Å². The summed E-state index contributed by atoms with van der Waals surface area (Å²) < 4.78 is 10.5. The quantitative estimate of drug-likeness (QED) is 0.384. The third-order valence-electron chi connectivity index (χ3n) is 2.08. The van der Waals surface area contributed by atoms with Crippen molar-refractivity contribution in [1.29, 1.82) is 0 Å². The van der Waals surface area contributed by atoms with Crippen LogP contribution in [0.4, 0.5) is 0 Å². The fourth-order valence-electron chi connectivity index (χ4n) is 0.890. The van der Waals surface area contributed by atoms with E-state index in [1.807, 2.05) is 13.8 Å². The number of amides is 1. The molecule has 0 aliphatic carbocycles. The fraction of sp³-hybridized carbons (Fsp3) is 0.700. The van der Waals surface area contributed by atoms with Crippen LogP contribution in [0.1, 0.15) is 27.2 Å². The van der Waals surface area contributed by atoms with Gasteiger partial charge >= 0.3 is 0 Å². The summed E-state index contributed by atoms with van der Waals surface area (Å²) in [6.45, 7) is 9.59. The zero-order chi connectivity index (χ0) is 11.8. The van der Waals surface area contributed by atoms with Crippen LogP contribution in [-0.2, 0) is 14.0 Å². The third kappa shape index (κ3) is 6.43. The maximum atomic E-state index is 11.3. The zero-order valence-electron chi connectivity index (χ0n) is 10.0. The first-order chi connectivity index (χ1) is 7.01. The smallest absolute Gasteiger partial charge is 0.246 e. The summed E-state index contributed by atoms with van der Waals surface area (Å²) in [5.41, 5.74) is 0.514. The molecule has 0 aromatic carbocycles. The Morgan fingerprint density at radius 2 is 2.20 bits per heavy atom. The van der Waals surface area contributed by atoms with Gasteiger partial charge in [0.25, 0.3) is 0 Å². The van der Waals surface area contributed by atoms with Crippen molar-refractivity contribution < 1.29 is 14.0 Å². The van der Waals surface area contributed by atoms with Crippen LogP contribution < -0.4 is 5.32 Å². The molecule has 2 unspecified atom stereocenters. The van der Waals surface area contributed by atoms with E-state index < -0.39 is 0 Å². The minimum atomic E-state index is -0.188. The van der Waals surface area contributed by atoms with E-state index >= 15 is 0 Å². The Morgan fingerprint density at radius 1 is 1.60 bits per heavy atom. The largest absolute Gasteiger partial charge is 0.404 e. The van der Waals surface area contributed by atoms with Crippen LogP contribution in [0.5, 0.6) is 0 Å². The fourth-order valence-corrected chi connectivity index (χ4v) is 1.03. The molecule has 0 spiro atoms. The Kier molecular flexibility index (Phi) is 7.28. The lowest BCUT2D eigenvalue weighted by molar-refractivity contribution is -0.120. The molecule has 0 saturated carbocycles. The molecule has 88 valence electrons. The Labute approximate surface area is 94.6 Å². The van der Waals surface area contributed by atoms with Crippen molar-refractivity contribution in [2.45, 2.75) is 39.5 Å². The molecule has 0 radical (unpaired) electrons. The molecule has 0 saturated heterocycles. The minimum Gasteiger partial charge on any atom is -0.404 e. The Balaban J connectivity index is 3.93. The van der Waals surface area contributed by atoms with Crippen molar-refractivity contribution in [3.05, 3.63) is 12.2 Å². The Bertz CT molecular complexity index is 221. The van der Waals surface area contributed by atoms with Gasteiger partial charge in [-0.15, -0.1) is 0 Å². The summed E-state index contributed by atoms with van der Waals surface area (Å²) in [4.78, 5) is 11.3. The molecular formula is C10H21NO3Si. The molecule has 15 heavy (non-hydrogen) atoms. The monoisotopic (exact) mass is 231 g/mol. The molecule has 0 aliphatic heterocycles. The first kappa shape index (κ1) is 14.3. The molecule has 4 nitrogen and oxygen atoms in total. The predicted octanol–water partition coefficient (Wildman–Crippen LogP) is 0.117. The number of hydrogen-bond acceptors (Lipinski definition) is 3. The lowest BCUT2D eigenvalue weighted by Crippen LogP contribution is -2.39. The number of carbonyl (C=O) groups is 1. The highest BCUT2D eigenvalue weighted by Gasteiger charge is 2.12. The molecule has 0 rings (SSSR count). The summed E-state index contributed by atoms with van der Waals surface area (Å²) >= 11 is 0. The average Bonchev–Trinajstić information content (AvgIpc) is 2.22. The molecule has 2 atom stereocenters. The van der Waals surface area contributed by atoms with E-state index in [4.69, 9.17) is 9.16 Å². The van der Waals surface area contributed by atoms with Crippen LogP contribution >= 0.6 is 0 Å². The zero-order valence-corrected chi connectivity index (χ0v) is 12.0. The molecule has 0 aliphatic rings. The van der Waals surface area contributed by atoms with Gasteiger partial charge in [-0.1, -0.05) is 13.5 Å². The first-order valence-electron chi connectivity index (χ1n) is 5.12. The predicted molar refractivity (Wildman–Crippen MR) is 63.5 cm³/mol.